The first-order valence-corrected chi connectivity index (χ1v) is 9.12. The summed E-state index contributed by atoms with van der Waals surface area (Å²) in [5.74, 6) is 0.657. The van der Waals surface area contributed by atoms with Crippen LogP contribution in [-0.2, 0) is 6.54 Å². The molecule has 0 radical (unpaired) electrons. The minimum Gasteiger partial charge on any atom is -0.354 e. The Kier molecular flexibility index (Phi) is 5.32. The van der Waals surface area contributed by atoms with Crippen molar-refractivity contribution in [1.82, 2.24) is 9.97 Å². The minimum atomic E-state index is 0.502. The fourth-order valence-corrected chi connectivity index (χ4v) is 3.00. The van der Waals surface area contributed by atoms with Crippen LogP contribution in [0.4, 0.5) is 5.82 Å². The highest BCUT2D eigenvalue weighted by Crippen LogP contribution is 2.30. The van der Waals surface area contributed by atoms with Gasteiger partial charge in [-0.2, -0.15) is 5.26 Å². The molecule has 0 N–H and O–H groups in total. The van der Waals surface area contributed by atoms with Gasteiger partial charge < -0.3 is 4.90 Å². The van der Waals surface area contributed by atoms with E-state index in [1.165, 1.54) is 17.3 Å². The molecule has 3 aromatic rings. The predicted octanol–water partition coefficient (Wildman–Crippen LogP) is 4.37. The Labute approximate surface area is 152 Å². The molecule has 4 nitrogen and oxygen atoms in total. The fourth-order valence-electron chi connectivity index (χ4n) is 2.64. The summed E-state index contributed by atoms with van der Waals surface area (Å²) in [6, 6.07) is 22.2. The average molecular weight is 346 g/mol. The largest absolute Gasteiger partial charge is 0.354 e. The van der Waals surface area contributed by atoms with Crippen LogP contribution in [-0.4, -0.2) is 23.3 Å². The minimum absolute atomic E-state index is 0.502. The van der Waals surface area contributed by atoms with Gasteiger partial charge in [-0.25, -0.2) is 9.97 Å². The lowest BCUT2D eigenvalue weighted by Crippen LogP contribution is -2.20. The second kappa shape index (κ2) is 7.82. The molecule has 0 aliphatic rings. The SMILES string of the molecule is CSc1nc(-c2ccccc2)c(C#N)c(N(C)Cc2ccccc2)n1. The number of hydrogen-bond donors (Lipinski definition) is 0. The van der Waals surface area contributed by atoms with Crippen molar-refractivity contribution in [3.05, 3.63) is 71.8 Å². The molecule has 124 valence electrons. The molecule has 1 aromatic heterocycles. The third-order valence-electron chi connectivity index (χ3n) is 3.84. The van der Waals surface area contributed by atoms with E-state index in [9.17, 15) is 5.26 Å². The molecule has 0 fully saturated rings. The zero-order valence-corrected chi connectivity index (χ0v) is 15.0. The molecule has 5 heteroatoms. The Balaban J connectivity index is 2.08. The lowest BCUT2D eigenvalue weighted by molar-refractivity contribution is 0.855. The molecule has 2 aromatic carbocycles. The highest BCUT2D eigenvalue weighted by atomic mass is 32.2. The third kappa shape index (κ3) is 3.81. The molecule has 0 saturated heterocycles. The summed E-state index contributed by atoms with van der Waals surface area (Å²) in [6.07, 6.45) is 1.94. The van der Waals surface area contributed by atoms with Crippen molar-refractivity contribution in [2.45, 2.75) is 11.7 Å². The molecule has 0 aliphatic heterocycles. The summed E-state index contributed by atoms with van der Waals surface area (Å²) in [7, 11) is 1.95. The topological polar surface area (TPSA) is 52.8 Å². The van der Waals surface area contributed by atoms with Crippen molar-refractivity contribution >= 4 is 17.6 Å². The van der Waals surface area contributed by atoms with E-state index >= 15 is 0 Å². The highest BCUT2D eigenvalue weighted by molar-refractivity contribution is 7.98. The summed E-state index contributed by atoms with van der Waals surface area (Å²) in [4.78, 5) is 11.2. The number of nitrogens with zero attached hydrogens (tertiary/aromatic N) is 4. The van der Waals surface area contributed by atoms with Gasteiger partial charge in [0.05, 0.1) is 5.69 Å². The van der Waals surface area contributed by atoms with Crippen molar-refractivity contribution in [2.75, 3.05) is 18.2 Å². The molecule has 0 spiro atoms. The maximum absolute atomic E-state index is 9.78. The van der Waals surface area contributed by atoms with Crippen molar-refractivity contribution in [3.63, 3.8) is 0 Å². The summed E-state index contributed by atoms with van der Waals surface area (Å²) in [5, 5.41) is 10.4. The van der Waals surface area contributed by atoms with Crippen LogP contribution in [0.15, 0.2) is 65.8 Å². The van der Waals surface area contributed by atoms with Crippen molar-refractivity contribution in [3.8, 4) is 17.3 Å². The van der Waals surface area contributed by atoms with Gasteiger partial charge in [0.1, 0.15) is 11.6 Å². The number of thioether (sulfide) groups is 1. The van der Waals surface area contributed by atoms with E-state index in [1.54, 1.807) is 0 Å². The van der Waals surface area contributed by atoms with Gasteiger partial charge in [0, 0.05) is 19.2 Å². The zero-order valence-electron chi connectivity index (χ0n) is 14.2. The number of aromatic nitrogens is 2. The van der Waals surface area contributed by atoms with Crippen LogP contribution in [0.25, 0.3) is 11.3 Å². The lowest BCUT2D eigenvalue weighted by Gasteiger charge is -2.21. The third-order valence-corrected chi connectivity index (χ3v) is 4.38. The van der Waals surface area contributed by atoms with Crippen molar-refractivity contribution in [1.29, 1.82) is 5.26 Å². The Morgan fingerprint density at radius 2 is 1.64 bits per heavy atom. The Morgan fingerprint density at radius 1 is 1.00 bits per heavy atom. The predicted molar refractivity (Wildman–Crippen MR) is 103 cm³/mol. The second-order valence-electron chi connectivity index (χ2n) is 5.58. The van der Waals surface area contributed by atoms with Gasteiger partial charge in [-0.15, -0.1) is 0 Å². The maximum atomic E-state index is 9.78. The normalized spacial score (nSPS) is 10.3. The first kappa shape index (κ1) is 17.0. The van der Waals surface area contributed by atoms with Crippen LogP contribution in [0.5, 0.6) is 0 Å². The van der Waals surface area contributed by atoms with Gasteiger partial charge in [0.2, 0.25) is 0 Å². The number of hydrogen-bond acceptors (Lipinski definition) is 5. The van der Waals surface area contributed by atoms with Crippen LogP contribution in [0.3, 0.4) is 0 Å². The van der Waals surface area contributed by atoms with E-state index in [0.717, 1.165) is 5.56 Å². The number of anilines is 1. The molecule has 0 amide bonds. The average Bonchev–Trinajstić information content (AvgIpc) is 2.68. The Bertz CT molecular complexity index is 889. The molecule has 0 bridgehead atoms. The standard InChI is InChI=1S/C20H18N4S/c1-24(14-15-9-5-3-6-10-15)19-17(13-21)18(22-20(23-19)25-2)16-11-7-4-8-12-16/h3-12H,14H2,1-2H3. The summed E-state index contributed by atoms with van der Waals surface area (Å²) >= 11 is 1.48. The zero-order chi connectivity index (χ0) is 17.6. The van der Waals surface area contributed by atoms with E-state index < -0.39 is 0 Å². The van der Waals surface area contributed by atoms with E-state index in [4.69, 9.17) is 0 Å². The summed E-state index contributed by atoms with van der Waals surface area (Å²) in [5.41, 5.74) is 3.27. The first-order valence-electron chi connectivity index (χ1n) is 7.89. The molecule has 3 rings (SSSR count). The van der Waals surface area contributed by atoms with Crippen LogP contribution in [0, 0.1) is 11.3 Å². The Morgan fingerprint density at radius 3 is 2.24 bits per heavy atom. The summed E-state index contributed by atoms with van der Waals surface area (Å²) < 4.78 is 0. The number of rotatable bonds is 5. The molecule has 25 heavy (non-hydrogen) atoms. The fraction of sp³-hybridized carbons (Fsp3) is 0.150. The van der Waals surface area contributed by atoms with Gasteiger partial charge in [0.15, 0.2) is 11.0 Å². The number of nitriles is 1. The summed E-state index contributed by atoms with van der Waals surface area (Å²) in [6.45, 7) is 0.675. The first-order chi connectivity index (χ1) is 12.2. The molecule has 1 heterocycles. The van der Waals surface area contributed by atoms with Crippen LogP contribution >= 0.6 is 11.8 Å². The van der Waals surface area contributed by atoms with E-state index in [-0.39, 0.29) is 0 Å². The van der Waals surface area contributed by atoms with Gasteiger partial charge >= 0.3 is 0 Å². The molecular formula is C20H18N4S. The van der Waals surface area contributed by atoms with Crippen LogP contribution in [0.1, 0.15) is 11.1 Å². The monoisotopic (exact) mass is 346 g/mol. The van der Waals surface area contributed by atoms with E-state index in [1.807, 2.05) is 66.7 Å². The van der Waals surface area contributed by atoms with Gasteiger partial charge in [-0.1, -0.05) is 72.4 Å². The molecule has 0 unspecified atom stereocenters. The Hall–Kier alpha value is -2.84. The molecule has 0 atom stereocenters. The van der Waals surface area contributed by atoms with Crippen molar-refractivity contribution in [2.24, 2.45) is 0 Å². The molecular weight excluding hydrogens is 328 g/mol. The van der Waals surface area contributed by atoms with Gasteiger partial charge in [0.25, 0.3) is 0 Å². The smallest absolute Gasteiger partial charge is 0.189 e. The lowest BCUT2D eigenvalue weighted by atomic mass is 10.1. The molecule has 0 aliphatic carbocycles. The number of benzene rings is 2. The maximum Gasteiger partial charge on any atom is 0.189 e. The van der Waals surface area contributed by atoms with E-state index in [0.29, 0.717) is 28.8 Å². The highest BCUT2D eigenvalue weighted by Gasteiger charge is 2.18. The molecule has 0 saturated carbocycles. The van der Waals surface area contributed by atoms with Gasteiger partial charge in [-0.05, 0) is 11.8 Å². The van der Waals surface area contributed by atoms with Crippen LogP contribution < -0.4 is 4.90 Å². The van der Waals surface area contributed by atoms with Crippen molar-refractivity contribution < 1.29 is 0 Å². The van der Waals surface area contributed by atoms with Gasteiger partial charge in [-0.3, -0.25) is 0 Å². The second-order valence-corrected chi connectivity index (χ2v) is 6.35. The van der Waals surface area contributed by atoms with E-state index in [2.05, 4.69) is 28.2 Å². The van der Waals surface area contributed by atoms with Crippen LogP contribution in [0.2, 0.25) is 0 Å². The quantitative estimate of drug-likeness (QED) is 0.507.